The second-order valence-electron chi connectivity index (χ2n) is 4.51. The minimum absolute atomic E-state index is 0.0570. The Kier molecular flexibility index (Phi) is 3.70. The number of carbonyl (C=O) groups is 1. The Hall–Kier alpha value is -1.08. The van der Waals surface area contributed by atoms with Gasteiger partial charge in [0.2, 0.25) is 5.91 Å². The van der Waals surface area contributed by atoms with Gasteiger partial charge >= 0.3 is 0 Å². The van der Waals surface area contributed by atoms with Crippen LogP contribution in [0.4, 0.5) is 0 Å². The summed E-state index contributed by atoms with van der Waals surface area (Å²) in [6.45, 7) is 7.63. The van der Waals surface area contributed by atoms with E-state index in [-0.39, 0.29) is 23.9 Å². The van der Waals surface area contributed by atoms with Gasteiger partial charge in [-0.25, -0.2) is 0 Å². The summed E-state index contributed by atoms with van der Waals surface area (Å²) in [6, 6.07) is 1.74. The van der Waals surface area contributed by atoms with E-state index in [1.165, 1.54) is 0 Å². The molecule has 4 heteroatoms. The van der Waals surface area contributed by atoms with Crippen LogP contribution in [0.25, 0.3) is 0 Å². The molecule has 0 aromatic heterocycles. The number of hydrogen-bond acceptors (Lipinski definition) is 3. The average molecular weight is 209 g/mol. The molecule has 4 nitrogen and oxygen atoms in total. The molecule has 0 aliphatic carbocycles. The fraction of sp³-hybridized carbons (Fsp3) is 0.818. The number of carbonyl (C=O) groups excluding carboxylic acids is 1. The van der Waals surface area contributed by atoms with Gasteiger partial charge in [0.25, 0.3) is 0 Å². The largest absolute Gasteiger partial charge is 0.336 e. The number of nitriles is 1. The van der Waals surface area contributed by atoms with Crippen LogP contribution in [0.5, 0.6) is 0 Å². The molecule has 1 N–H and O–H groups in total. The zero-order valence-electron chi connectivity index (χ0n) is 9.71. The van der Waals surface area contributed by atoms with E-state index >= 15 is 0 Å². The second kappa shape index (κ2) is 4.63. The Morgan fingerprint density at radius 2 is 2.33 bits per heavy atom. The third kappa shape index (κ3) is 2.48. The van der Waals surface area contributed by atoms with Crippen LogP contribution in [-0.2, 0) is 4.79 Å². The summed E-state index contributed by atoms with van der Waals surface area (Å²) >= 11 is 0. The quantitative estimate of drug-likeness (QED) is 0.734. The molecule has 1 unspecified atom stereocenters. The molecule has 1 saturated heterocycles. The van der Waals surface area contributed by atoms with Crippen LogP contribution in [0.15, 0.2) is 0 Å². The highest BCUT2D eigenvalue weighted by Crippen LogP contribution is 2.22. The van der Waals surface area contributed by atoms with Crippen molar-refractivity contribution in [2.24, 2.45) is 0 Å². The average Bonchev–Trinajstić information content (AvgIpc) is 2.25. The first-order valence-corrected chi connectivity index (χ1v) is 5.44. The van der Waals surface area contributed by atoms with Gasteiger partial charge in [-0.05, 0) is 33.7 Å². The van der Waals surface area contributed by atoms with E-state index in [0.29, 0.717) is 6.54 Å². The lowest BCUT2D eigenvalue weighted by atomic mass is 9.98. The molecule has 15 heavy (non-hydrogen) atoms. The lowest BCUT2D eigenvalue weighted by molar-refractivity contribution is -0.137. The van der Waals surface area contributed by atoms with Crippen molar-refractivity contribution in [2.45, 2.75) is 45.2 Å². The molecule has 0 radical (unpaired) electrons. The molecule has 1 rings (SSSR count). The van der Waals surface area contributed by atoms with Crippen LogP contribution in [0.3, 0.4) is 0 Å². The molecular formula is C11H19N3O. The van der Waals surface area contributed by atoms with Gasteiger partial charge in [-0.15, -0.1) is 0 Å². The van der Waals surface area contributed by atoms with Crippen molar-refractivity contribution < 1.29 is 4.79 Å². The molecule has 0 saturated carbocycles. The van der Waals surface area contributed by atoms with Crippen molar-refractivity contribution in [2.75, 3.05) is 13.1 Å². The molecule has 1 aliphatic rings. The molecule has 0 aromatic rings. The number of nitrogens with one attached hydrogen (secondary N) is 1. The third-order valence-electron chi connectivity index (χ3n) is 3.03. The van der Waals surface area contributed by atoms with E-state index in [4.69, 9.17) is 5.26 Å². The topological polar surface area (TPSA) is 56.1 Å². The van der Waals surface area contributed by atoms with Crippen LogP contribution >= 0.6 is 0 Å². The second-order valence-corrected chi connectivity index (χ2v) is 4.51. The van der Waals surface area contributed by atoms with Crippen molar-refractivity contribution in [3.63, 3.8) is 0 Å². The Balaban J connectivity index is 2.87. The van der Waals surface area contributed by atoms with Gasteiger partial charge in [0.1, 0.15) is 0 Å². The maximum absolute atomic E-state index is 12.1. The van der Waals surface area contributed by atoms with Gasteiger partial charge in [-0.2, -0.15) is 5.26 Å². The molecule has 1 amide bonds. The monoisotopic (exact) mass is 209 g/mol. The zero-order chi connectivity index (χ0) is 11.5. The molecule has 84 valence electrons. The SMILES string of the molecule is CCN1C(=O)C(CC#N)NCCC1(C)C. The summed E-state index contributed by atoms with van der Waals surface area (Å²) < 4.78 is 0. The number of hydrogen-bond donors (Lipinski definition) is 1. The predicted octanol–water partition coefficient (Wildman–Crippen LogP) is 0.889. The molecule has 0 spiro atoms. The number of nitrogens with zero attached hydrogens (tertiary/aromatic N) is 2. The van der Waals surface area contributed by atoms with Crippen molar-refractivity contribution >= 4 is 5.91 Å². The molecule has 0 bridgehead atoms. The van der Waals surface area contributed by atoms with Gasteiger partial charge in [0, 0.05) is 12.1 Å². The van der Waals surface area contributed by atoms with Crippen LogP contribution in [0, 0.1) is 11.3 Å². The maximum Gasteiger partial charge on any atom is 0.241 e. The maximum atomic E-state index is 12.1. The highest BCUT2D eigenvalue weighted by Gasteiger charge is 2.36. The van der Waals surface area contributed by atoms with Gasteiger partial charge in [0.15, 0.2) is 0 Å². The van der Waals surface area contributed by atoms with Gasteiger partial charge in [-0.3, -0.25) is 4.79 Å². The fourth-order valence-corrected chi connectivity index (χ4v) is 2.10. The lowest BCUT2D eigenvalue weighted by Crippen LogP contribution is -2.50. The summed E-state index contributed by atoms with van der Waals surface area (Å²) in [5.74, 6) is 0.0570. The minimum atomic E-state index is -0.322. The Labute approximate surface area is 91.2 Å². The van der Waals surface area contributed by atoms with Crippen molar-refractivity contribution in [1.29, 1.82) is 5.26 Å². The van der Waals surface area contributed by atoms with Crippen LogP contribution in [0.2, 0.25) is 0 Å². The van der Waals surface area contributed by atoms with Crippen molar-refractivity contribution in [3.05, 3.63) is 0 Å². The van der Waals surface area contributed by atoms with Crippen molar-refractivity contribution in [1.82, 2.24) is 10.2 Å². The summed E-state index contributed by atoms with van der Waals surface area (Å²) in [5.41, 5.74) is -0.108. The van der Waals surface area contributed by atoms with E-state index in [2.05, 4.69) is 25.2 Å². The number of amides is 1. The Bertz CT molecular complexity index is 280. The standard InChI is InChI=1S/C11H19N3O/c1-4-14-10(15)9(5-7-12)13-8-6-11(14,2)3/h9,13H,4-6,8H2,1-3H3. The molecule has 1 atom stereocenters. The smallest absolute Gasteiger partial charge is 0.241 e. The lowest BCUT2D eigenvalue weighted by Gasteiger charge is -2.36. The highest BCUT2D eigenvalue weighted by atomic mass is 16.2. The van der Waals surface area contributed by atoms with E-state index in [1.807, 2.05) is 11.8 Å². The summed E-state index contributed by atoms with van der Waals surface area (Å²) in [5, 5.41) is 11.8. The van der Waals surface area contributed by atoms with Gasteiger partial charge in [0.05, 0.1) is 18.5 Å². The van der Waals surface area contributed by atoms with Crippen LogP contribution in [0.1, 0.15) is 33.6 Å². The molecule has 1 fully saturated rings. The summed E-state index contributed by atoms with van der Waals surface area (Å²) in [4.78, 5) is 14.0. The first-order chi connectivity index (χ1) is 7.03. The number of rotatable bonds is 2. The van der Waals surface area contributed by atoms with E-state index < -0.39 is 0 Å². The van der Waals surface area contributed by atoms with E-state index in [9.17, 15) is 4.79 Å². The van der Waals surface area contributed by atoms with E-state index in [1.54, 1.807) is 0 Å². The fourth-order valence-electron chi connectivity index (χ4n) is 2.10. The predicted molar refractivity (Wildman–Crippen MR) is 58.1 cm³/mol. The summed E-state index contributed by atoms with van der Waals surface area (Å²) in [6.07, 6.45) is 1.18. The van der Waals surface area contributed by atoms with Gasteiger partial charge < -0.3 is 10.2 Å². The summed E-state index contributed by atoms with van der Waals surface area (Å²) in [7, 11) is 0. The van der Waals surface area contributed by atoms with Crippen LogP contribution < -0.4 is 5.32 Å². The number of likely N-dealkylation sites (N-methyl/N-ethyl adjacent to an activating group) is 1. The minimum Gasteiger partial charge on any atom is -0.336 e. The normalized spacial score (nSPS) is 25.9. The molecule has 0 aromatic carbocycles. The first-order valence-electron chi connectivity index (χ1n) is 5.44. The van der Waals surface area contributed by atoms with Crippen molar-refractivity contribution in [3.8, 4) is 6.07 Å². The molecule has 1 heterocycles. The first kappa shape index (κ1) is 12.0. The Morgan fingerprint density at radius 3 is 2.87 bits per heavy atom. The highest BCUT2D eigenvalue weighted by molar-refractivity contribution is 5.83. The Morgan fingerprint density at radius 1 is 1.67 bits per heavy atom. The molecule has 1 aliphatic heterocycles. The van der Waals surface area contributed by atoms with E-state index in [0.717, 1.165) is 13.0 Å². The zero-order valence-corrected chi connectivity index (χ0v) is 9.71. The third-order valence-corrected chi connectivity index (χ3v) is 3.03. The van der Waals surface area contributed by atoms with Crippen LogP contribution in [-0.4, -0.2) is 35.5 Å². The molecular weight excluding hydrogens is 190 g/mol. The van der Waals surface area contributed by atoms with Gasteiger partial charge in [-0.1, -0.05) is 0 Å².